The van der Waals surface area contributed by atoms with Gasteiger partial charge in [0.25, 0.3) is 0 Å². The standard InChI is InChI=1S/C18H18N4S/c1-4-16-14(11-22-18(16)19-7-1)9-13-5-6-17(20-10-13)21-12-15-3-2-8-23-15/h2-6,8,10-11H,1,7,9,12H2,(H,19,22)(H,20,21). The van der Waals surface area contributed by atoms with Crippen LogP contribution in [0.1, 0.15) is 22.4 Å². The fourth-order valence-electron chi connectivity index (χ4n) is 2.80. The minimum absolute atomic E-state index is 0.825. The van der Waals surface area contributed by atoms with E-state index in [1.54, 1.807) is 11.3 Å². The number of H-pyrrole nitrogens is 1. The van der Waals surface area contributed by atoms with Gasteiger partial charge in [0, 0.05) is 35.5 Å². The van der Waals surface area contributed by atoms with Crippen LogP contribution in [0.3, 0.4) is 0 Å². The van der Waals surface area contributed by atoms with Gasteiger partial charge in [0.1, 0.15) is 11.3 Å². The van der Waals surface area contributed by atoms with Crippen molar-refractivity contribution in [2.45, 2.75) is 19.4 Å². The Morgan fingerprint density at radius 3 is 3.09 bits per heavy atom. The summed E-state index contributed by atoms with van der Waals surface area (Å²) in [6, 6.07) is 8.39. The molecule has 0 amide bonds. The first kappa shape index (κ1) is 14.2. The molecule has 0 fully saturated rings. The molecular formula is C18H18N4S. The fourth-order valence-corrected chi connectivity index (χ4v) is 3.44. The van der Waals surface area contributed by atoms with Gasteiger partial charge < -0.3 is 10.3 Å². The number of anilines is 1. The number of nitrogens with zero attached hydrogens (tertiary/aromatic N) is 2. The number of hydrogen-bond acceptors (Lipinski definition) is 4. The summed E-state index contributed by atoms with van der Waals surface area (Å²) >= 11 is 1.76. The second-order valence-electron chi connectivity index (χ2n) is 5.61. The molecule has 0 spiro atoms. The van der Waals surface area contributed by atoms with Crippen LogP contribution >= 0.6 is 11.3 Å². The molecule has 0 atom stereocenters. The van der Waals surface area contributed by atoms with Crippen molar-refractivity contribution in [2.24, 2.45) is 4.99 Å². The number of rotatable bonds is 5. The van der Waals surface area contributed by atoms with Crippen molar-refractivity contribution in [3.8, 4) is 0 Å². The Morgan fingerprint density at radius 2 is 2.26 bits per heavy atom. The van der Waals surface area contributed by atoms with E-state index >= 15 is 0 Å². The quantitative estimate of drug-likeness (QED) is 0.758. The summed E-state index contributed by atoms with van der Waals surface area (Å²) in [5.41, 5.74) is 3.53. The minimum Gasteiger partial charge on any atom is -0.365 e. The Bertz CT molecular complexity index is 892. The molecule has 0 saturated carbocycles. The van der Waals surface area contributed by atoms with Gasteiger partial charge >= 0.3 is 0 Å². The number of aromatic amines is 1. The van der Waals surface area contributed by atoms with Crippen LogP contribution in [0.15, 0.2) is 47.0 Å². The highest BCUT2D eigenvalue weighted by Gasteiger charge is 2.05. The Labute approximate surface area is 138 Å². The Hall–Kier alpha value is -2.40. The van der Waals surface area contributed by atoms with Crippen molar-refractivity contribution in [3.05, 3.63) is 68.7 Å². The molecule has 0 aliphatic carbocycles. The van der Waals surface area contributed by atoms with E-state index in [2.05, 4.69) is 62.2 Å². The molecule has 0 saturated heterocycles. The monoisotopic (exact) mass is 322 g/mol. The van der Waals surface area contributed by atoms with Gasteiger partial charge in [-0.05, 0) is 35.1 Å². The summed E-state index contributed by atoms with van der Waals surface area (Å²) < 4.78 is 0. The van der Waals surface area contributed by atoms with Gasteiger partial charge in [-0.1, -0.05) is 18.2 Å². The largest absolute Gasteiger partial charge is 0.365 e. The maximum atomic E-state index is 4.52. The second kappa shape index (κ2) is 6.38. The smallest absolute Gasteiger partial charge is 0.132 e. The fraction of sp³-hybridized carbons (Fsp3) is 0.222. The highest BCUT2D eigenvalue weighted by molar-refractivity contribution is 7.09. The molecule has 1 aliphatic rings. The van der Waals surface area contributed by atoms with Crippen LogP contribution in [0.2, 0.25) is 0 Å². The van der Waals surface area contributed by atoms with Crippen molar-refractivity contribution in [3.63, 3.8) is 0 Å². The summed E-state index contributed by atoms with van der Waals surface area (Å²) in [5.74, 6) is 0.916. The Balaban J connectivity index is 1.45. The predicted molar refractivity (Wildman–Crippen MR) is 94.2 cm³/mol. The van der Waals surface area contributed by atoms with Crippen molar-refractivity contribution in [2.75, 3.05) is 11.9 Å². The molecule has 3 aromatic rings. The second-order valence-corrected chi connectivity index (χ2v) is 6.64. The lowest BCUT2D eigenvalue weighted by molar-refractivity contribution is 0.933. The third kappa shape index (κ3) is 3.19. The lowest BCUT2D eigenvalue weighted by Crippen LogP contribution is -2.28. The third-order valence-corrected chi connectivity index (χ3v) is 4.85. The molecule has 0 radical (unpaired) electrons. The van der Waals surface area contributed by atoms with E-state index < -0.39 is 0 Å². The Morgan fingerprint density at radius 1 is 1.26 bits per heavy atom. The topological polar surface area (TPSA) is 53.1 Å². The average Bonchev–Trinajstić information content (AvgIpc) is 3.25. The molecular weight excluding hydrogens is 304 g/mol. The van der Waals surface area contributed by atoms with Crippen LogP contribution < -0.4 is 16.0 Å². The summed E-state index contributed by atoms with van der Waals surface area (Å²) in [4.78, 5) is 13.6. The van der Waals surface area contributed by atoms with Crippen molar-refractivity contribution < 1.29 is 0 Å². The molecule has 4 heterocycles. The number of aromatic nitrogens is 2. The van der Waals surface area contributed by atoms with E-state index in [0.717, 1.165) is 37.2 Å². The van der Waals surface area contributed by atoms with Crippen LogP contribution in [0, 0.1) is 0 Å². The predicted octanol–water partition coefficient (Wildman–Crippen LogP) is 2.48. The molecule has 4 rings (SSSR count). The third-order valence-electron chi connectivity index (χ3n) is 3.97. The first-order valence-electron chi connectivity index (χ1n) is 7.80. The van der Waals surface area contributed by atoms with Gasteiger partial charge in [-0.15, -0.1) is 11.3 Å². The summed E-state index contributed by atoms with van der Waals surface area (Å²) in [5, 5.41) is 6.71. The van der Waals surface area contributed by atoms with Crippen LogP contribution in [0.5, 0.6) is 0 Å². The molecule has 3 aromatic heterocycles. The molecule has 5 heteroatoms. The number of thiophene rings is 1. The van der Waals surface area contributed by atoms with E-state index in [1.165, 1.54) is 21.2 Å². The number of fused-ring (bicyclic) bond motifs is 1. The van der Waals surface area contributed by atoms with Crippen molar-refractivity contribution in [1.82, 2.24) is 9.97 Å². The maximum absolute atomic E-state index is 4.52. The molecule has 116 valence electrons. The van der Waals surface area contributed by atoms with Gasteiger partial charge in [-0.2, -0.15) is 0 Å². The highest BCUT2D eigenvalue weighted by Crippen LogP contribution is 2.12. The zero-order valence-electron chi connectivity index (χ0n) is 12.7. The number of nitrogens with one attached hydrogen (secondary N) is 2. The SMILES string of the molecule is C1=c2c(Cc3ccc(NCc4cccs4)nc3)c[nH]c2=NCC1. The van der Waals surface area contributed by atoms with E-state index in [1.807, 2.05) is 6.20 Å². The summed E-state index contributed by atoms with van der Waals surface area (Å²) in [6.45, 7) is 1.71. The van der Waals surface area contributed by atoms with Gasteiger partial charge in [0.2, 0.25) is 0 Å². The van der Waals surface area contributed by atoms with Crippen LogP contribution in [-0.2, 0) is 13.0 Å². The lowest BCUT2D eigenvalue weighted by Gasteiger charge is -2.05. The average molecular weight is 322 g/mol. The van der Waals surface area contributed by atoms with Gasteiger partial charge in [-0.25, -0.2) is 4.98 Å². The zero-order valence-corrected chi connectivity index (χ0v) is 13.6. The Kier molecular flexibility index (Phi) is 3.94. The number of hydrogen-bond donors (Lipinski definition) is 2. The summed E-state index contributed by atoms with van der Waals surface area (Å²) in [7, 11) is 0. The maximum Gasteiger partial charge on any atom is 0.132 e. The zero-order chi connectivity index (χ0) is 15.5. The van der Waals surface area contributed by atoms with E-state index in [-0.39, 0.29) is 0 Å². The van der Waals surface area contributed by atoms with Gasteiger partial charge in [-0.3, -0.25) is 4.99 Å². The normalized spacial score (nSPS) is 13.0. The van der Waals surface area contributed by atoms with E-state index in [4.69, 9.17) is 0 Å². The van der Waals surface area contributed by atoms with Crippen LogP contribution in [0.25, 0.3) is 6.08 Å². The molecule has 4 nitrogen and oxygen atoms in total. The molecule has 0 unspecified atom stereocenters. The molecule has 2 N–H and O–H groups in total. The van der Waals surface area contributed by atoms with Crippen molar-refractivity contribution in [1.29, 1.82) is 0 Å². The van der Waals surface area contributed by atoms with Crippen LogP contribution in [0.4, 0.5) is 5.82 Å². The molecule has 0 aromatic carbocycles. The minimum atomic E-state index is 0.825. The van der Waals surface area contributed by atoms with E-state index in [9.17, 15) is 0 Å². The lowest BCUT2D eigenvalue weighted by atomic mass is 10.1. The van der Waals surface area contributed by atoms with Gasteiger partial charge in [0.15, 0.2) is 0 Å². The first-order chi connectivity index (χ1) is 11.4. The van der Waals surface area contributed by atoms with E-state index in [0.29, 0.717) is 0 Å². The first-order valence-corrected chi connectivity index (χ1v) is 8.68. The molecule has 23 heavy (non-hydrogen) atoms. The van der Waals surface area contributed by atoms with Crippen LogP contribution in [-0.4, -0.2) is 16.5 Å². The highest BCUT2D eigenvalue weighted by atomic mass is 32.1. The molecule has 0 bridgehead atoms. The molecule has 1 aliphatic heterocycles. The summed E-state index contributed by atoms with van der Waals surface area (Å²) in [6.07, 6.45) is 8.21. The van der Waals surface area contributed by atoms with Gasteiger partial charge in [0.05, 0.1) is 6.54 Å². The number of pyridine rings is 1. The van der Waals surface area contributed by atoms with Crippen molar-refractivity contribution >= 4 is 23.2 Å².